The second kappa shape index (κ2) is 15.8. The number of ketones is 3. The Kier molecular flexibility index (Phi) is 10.1. The summed E-state index contributed by atoms with van der Waals surface area (Å²) in [6, 6.07) is 35.7. The molecule has 4 amide bonds. The van der Waals surface area contributed by atoms with E-state index in [0.717, 1.165) is 9.80 Å². The maximum absolute atomic E-state index is 13.7. The zero-order valence-corrected chi connectivity index (χ0v) is 31.2. The molecule has 292 valence electrons. The van der Waals surface area contributed by atoms with Crippen molar-refractivity contribution in [2.75, 3.05) is 23.0 Å². The number of ether oxygens (including phenoxy) is 2. The third-order valence-electron chi connectivity index (χ3n) is 9.88. The van der Waals surface area contributed by atoms with Gasteiger partial charge in [-0.3, -0.25) is 33.6 Å². The maximum atomic E-state index is 13.7. The smallest absolute Gasteiger partial charge is 0.338 e. The number of fused-ring (bicyclic) bond motifs is 2. The van der Waals surface area contributed by atoms with Crippen molar-refractivity contribution in [1.29, 1.82) is 0 Å². The number of imide groups is 2. The molecule has 13 nitrogen and oxygen atoms in total. The predicted molar refractivity (Wildman–Crippen MR) is 214 cm³/mol. The number of benzene rings is 6. The van der Waals surface area contributed by atoms with Gasteiger partial charge in [-0.25, -0.2) is 19.4 Å². The molecule has 13 heteroatoms. The average molecular weight is 797 g/mol. The number of carbonyl (C=O) groups is 9. The minimum Gasteiger partial charge on any atom is -0.454 e. The SMILES string of the molecule is O=C(COC(=O)c1ccc(N2C(=O)c3ccc(C(=O)c4ccc5c(c4)C(=O)N(c4ccc(C(=O)OCC(=O)c6ccccc6)cc4)C5=O)cc3C2=O)cc1)c1ccccc1. The number of hydrogen-bond acceptors (Lipinski definition) is 11. The Morgan fingerprint density at radius 3 is 1.07 bits per heavy atom. The van der Waals surface area contributed by atoms with Gasteiger partial charge in [0.25, 0.3) is 23.6 Å². The van der Waals surface area contributed by atoms with Crippen LogP contribution in [0.15, 0.2) is 146 Å². The molecule has 0 aromatic heterocycles. The molecule has 0 saturated heterocycles. The van der Waals surface area contributed by atoms with Crippen molar-refractivity contribution in [2.24, 2.45) is 0 Å². The van der Waals surface area contributed by atoms with Crippen LogP contribution in [0.1, 0.15) is 98.8 Å². The van der Waals surface area contributed by atoms with Crippen LogP contribution >= 0.6 is 0 Å². The fourth-order valence-electron chi connectivity index (χ4n) is 6.74. The minimum atomic E-state index is -0.773. The predicted octanol–water partition coefficient (Wildman–Crippen LogP) is 6.60. The van der Waals surface area contributed by atoms with E-state index in [1.54, 1.807) is 60.7 Å². The van der Waals surface area contributed by atoms with Gasteiger partial charge >= 0.3 is 11.9 Å². The number of nitrogens with zero attached hydrogens (tertiary/aromatic N) is 2. The molecular weight excluding hydrogens is 769 g/mol. The topological polar surface area (TPSA) is 179 Å². The number of carbonyl (C=O) groups excluding carboxylic acids is 9. The van der Waals surface area contributed by atoms with Crippen molar-refractivity contribution in [3.8, 4) is 0 Å². The van der Waals surface area contributed by atoms with Crippen LogP contribution in [0.2, 0.25) is 0 Å². The Balaban J connectivity index is 0.924. The fourth-order valence-corrected chi connectivity index (χ4v) is 6.74. The minimum absolute atomic E-state index is 0.0394. The highest BCUT2D eigenvalue weighted by Crippen LogP contribution is 2.32. The molecule has 60 heavy (non-hydrogen) atoms. The highest BCUT2D eigenvalue weighted by atomic mass is 16.5. The number of esters is 2. The van der Waals surface area contributed by atoms with Crippen molar-refractivity contribution in [1.82, 2.24) is 0 Å². The number of anilines is 2. The third-order valence-corrected chi connectivity index (χ3v) is 9.88. The molecule has 0 spiro atoms. The van der Waals surface area contributed by atoms with Crippen molar-refractivity contribution < 1.29 is 52.6 Å². The molecular formula is C47H28N2O11. The summed E-state index contributed by atoms with van der Waals surface area (Å²) in [7, 11) is 0. The van der Waals surface area contributed by atoms with Gasteiger partial charge in [-0.1, -0.05) is 72.8 Å². The standard InChI is InChI=1S/C47H28N2O11/c50-39(27-7-3-1-4-8-27)25-59-46(57)29-11-17-33(18-12-29)48-42(53)35-21-15-31(23-37(35)44(48)55)41(52)32-16-22-36-38(24-32)45(56)49(43(36)54)34-19-13-30(14-20-34)47(58)60-26-40(51)28-9-5-2-6-10-28/h1-24H,25-26H2. The van der Waals surface area contributed by atoms with Crippen LogP contribution in [0.3, 0.4) is 0 Å². The molecule has 6 aromatic rings. The Morgan fingerprint density at radius 1 is 0.367 bits per heavy atom. The summed E-state index contributed by atoms with van der Waals surface area (Å²) in [5.41, 5.74) is 1.37. The first-order valence-corrected chi connectivity index (χ1v) is 18.3. The highest BCUT2D eigenvalue weighted by Gasteiger charge is 2.39. The second-order valence-electron chi connectivity index (χ2n) is 13.6. The highest BCUT2D eigenvalue weighted by molar-refractivity contribution is 6.36. The Labute approximate surface area is 340 Å². The van der Waals surface area contributed by atoms with E-state index in [9.17, 15) is 43.2 Å². The molecule has 2 aliphatic heterocycles. The van der Waals surface area contributed by atoms with Crippen molar-refractivity contribution in [2.45, 2.75) is 0 Å². The molecule has 0 aliphatic carbocycles. The van der Waals surface area contributed by atoms with E-state index >= 15 is 0 Å². The van der Waals surface area contributed by atoms with E-state index in [0.29, 0.717) is 11.1 Å². The lowest BCUT2D eigenvalue weighted by molar-refractivity contribution is 0.0472. The first-order chi connectivity index (χ1) is 29.0. The summed E-state index contributed by atoms with van der Waals surface area (Å²) < 4.78 is 10.3. The quantitative estimate of drug-likeness (QED) is 0.0741. The molecule has 0 radical (unpaired) electrons. The lowest BCUT2D eigenvalue weighted by Gasteiger charge is -2.14. The Hall–Kier alpha value is -8.45. The Bertz CT molecular complexity index is 2620. The van der Waals surface area contributed by atoms with Crippen LogP contribution < -0.4 is 9.80 Å². The fraction of sp³-hybridized carbons (Fsp3) is 0.0426. The second-order valence-corrected chi connectivity index (χ2v) is 13.6. The molecule has 2 aliphatic rings. The Morgan fingerprint density at radius 2 is 0.700 bits per heavy atom. The van der Waals surface area contributed by atoms with Crippen LogP contribution in [0.25, 0.3) is 0 Å². The van der Waals surface area contributed by atoms with E-state index in [4.69, 9.17) is 9.47 Å². The average Bonchev–Trinajstić information content (AvgIpc) is 3.70. The molecule has 6 aromatic carbocycles. The van der Waals surface area contributed by atoms with E-state index in [1.807, 2.05) is 0 Å². The van der Waals surface area contributed by atoms with Gasteiger partial charge in [0.2, 0.25) is 0 Å². The van der Waals surface area contributed by atoms with Gasteiger partial charge in [-0.2, -0.15) is 0 Å². The molecule has 0 bridgehead atoms. The summed E-state index contributed by atoms with van der Waals surface area (Å²) in [4.78, 5) is 119. The van der Waals surface area contributed by atoms with Gasteiger partial charge in [0, 0.05) is 22.3 Å². The number of hydrogen-bond donors (Lipinski definition) is 0. The van der Waals surface area contributed by atoms with Gasteiger partial charge in [-0.15, -0.1) is 0 Å². The zero-order chi connectivity index (χ0) is 42.1. The summed E-state index contributed by atoms with van der Waals surface area (Å²) >= 11 is 0. The monoisotopic (exact) mass is 796 g/mol. The van der Waals surface area contributed by atoms with Crippen LogP contribution in [-0.2, 0) is 9.47 Å². The van der Waals surface area contributed by atoms with Gasteiger partial charge in [0.15, 0.2) is 30.6 Å². The lowest BCUT2D eigenvalue weighted by atomic mass is 9.96. The van der Waals surface area contributed by atoms with Crippen LogP contribution in [0.4, 0.5) is 11.4 Å². The molecule has 0 N–H and O–H groups in total. The summed E-state index contributed by atoms with van der Waals surface area (Å²) in [5.74, 6) is -5.61. The summed E-state index contributed by atoms with van der Waals surface area (Å²) in [6.45, 7) is -0.944. The van der Waals surface area contributed by atoms with Gasteiger partial charge in [0.05, 0.1) is 44.8 Å². The molecule has 0 fully saturated rings. The van der Waals surface area contributed by atoms with Gasteiger partial charge in [-0.05, 0) is 72.8 Å². The maximum Gasteiger partial charge on any atom is 0.338 e. The van der Waals surface area contributed by atoms with E-state index in [1.165, 1.54) is 84.9 Å². The largest absolute Gasteiger partial charge is 0.454 e. The first kappa shape index (κ1) is 38.4. The molecule has 0 saturated carbocycles. The normalized spacial score (nSPS) is 12.9. The van der Waals surface area contributed by atoms with Crippen molar-refractivity contribution >= 4 is 64.3 Å². The number of rotatable bonds is 12. The molecule has 0 atom stereocenters. The van der Waals surface area contributed by atoms with Crippen LogP contribution in [-0.4, -0.2) is 66.1 Å². The van der Waals surface area contributed by atoms with Crippen LogP contribution in [0.5, 0.6) is 0 Å². The summed E-state index contributed by atoms with van der Waals surface area (Å²) in [6.07, 6.45) is 0. The summed E-state index contributed by atoms with van der Waals surface area (Å²) in [5, 5.41) is 0. The van der Waals surface area contributed by atoms with E-state index in [-0.39, 0.29) is 67.4 Å². The van der Waals surface area contributed by atoms with Crippen LogP contribution in [0, 0.1) is 0 Å². The molecule has 8 rings (SSSR count). The van der Waals surface area contributed by atoms with E-state index < -0.39 is 54.6 Å². The lowest BCUT2D eigenvalue weighted by Crippen LogP contribution is -2.29. The third kappa shape index (κ3) is 7.18. The van der Waals surface area contributed by atoms with Crippen molar-refractivity contribution in [3.05, 3.63) is 201 Å². The van der Waals surface area contributed by atoms with Crippen molar-refractivity contribution in [3.63, 3.8) is 0 Å². The molecule has 2 heterocycles. The number of amides is 4. The van der Waals surface area contributed by atoms with Gasteiger partial charge < -0.3 is 9.47 Å². The van der Waals surface area contributed by atoms with E-state index in [2.05, 4.69) is 0 Å². The first-order valence-electron chi connectivity index (χ1n) is 18.3. The van der Waals surface area contributed by atoms with Gasteiger partial charge in [0.1, 0.15) is 0 Å². The number of Topliss-reactive ketones (excluding diaryl/α,β-unsaturated/α-hetero) is 2. The zero-order valence-electron chi connectivity index (χ0n) is 31.2. The molecule has 0 unspecified atom stereocenters.